The lowest BCUT2D eigenvalue weighted by Crippen LogP contribution is -2.28. The van der Waals surface area contributed by atoms with E-state index in [0.29, 0.717) is 6.42 Å². The Kier molecular flexibility index (Phi) is 3.39. The van der Waals surface area contributed by atoms with Crippen molar-refractivity contribution >= 4 is 35.3 Å². The van der Waals surface area contributed by atoms with Gasteiger partial charge in [-0.3, -0.25) is 0 Å². The van der Waals surface area contributed by atoms with Gasteiger partial charge >= 0.3 is 0 Å². The number of hydrogen-bond donors (Lipinski definition) is 1. The van der Waals surface area contributed by atoms with Crippen LogP contribution < -0.4 is 0 Å². The van der Waals surface area contributed by atoms with E-state index in [0.717, 1.165) is 0 Å². The minimum atomic E-state index is -0.948. The maximum absolute atomic E-state index is 8.77. The summed E-state index contributed by atoms with van der Waals surface area (Å²) in [7, 11) is 0. The standard InChI is InChI=1S/C3H7Cl3NO/c1-2-3(8)7(4,5)6/h3,8H,2H2,1H3/q+1. The molecule has 0 aromatic rings. The van der Waals surface area contributed by atoms with Gasteiger partial charge in [-0.25, -0.2) is 0 Å². The molecule has 0 spiro atoms. The molecule has 0 bridgehead atoms. The first-order chi connectivity index (χ1) is 3.48. The van der Waals surface area contributed by atoms with E-state index in [1.807, 2.05) is 0 Å². The van der Waals surface area contributed by atoms with Crippen molar-refractivity contribution in [1.29, 1.82) is 0 Å². The normalized spacial score (nSPS) is 16.1. The molecule has 0 heterocycles. The third-order valence-electron chi connectivity index (χ3n) is 0.703. The Bertz CT molecular complexity index is 71.4. The van der Waals surface area contributed by atoms with E-state index < -0.39 is 9.27 Å². The molecule has 0 fully saturated rings. The van der Waals surface area contributed by atoms with Gasteiger partial charge in [0.2, 0.25) is 41.6 Å². The van der Waals surface area contributed by atoms with Crippen LogP contribution in [0.5, 0.6) is 0 Å². The van der Waals surface area contributed by atoms with Gasteiger partial charge < -0.3 is 5.11 Å². The fourth-order valence-corrected chi connectivity index (χ4v) is 0.621. The second-order valence-electron chi connectivity index (χ2n) is 1.37. The average Bonchev–Trinajstić information content (AvgIpc) is 1.62. The maximum Gasteiger partial charge on any atom is 0.242 e. The summed E-state index contributed by atoms with van der Waals surface area (Å²) in [5.74, 6) is 0. The molecule has 1 atom stereocenters. The molecule has 2 nitrogen and oxygen atoms in total. The van der Waals surface area contributed by atoms with Gasteiger partial charge in [-0.05, 0) is 0 Å². The minimum absolute atomic E-state index is 0.427. The maximum atomic E-state index is 8.77. The number of quaternary nitrogens is 1. The van der Waals surface area contributed by atoms with Gasteiger partial charge in [-0.2, -0.15) is 0 Å². The van der Waals surface area contributed by atoms with Gasteiger partial charge in [0.15, 0.2) is 0 Å². The molecule has 1 N–H and O–H groups in total. The lowest BCUT2D eigenvalue weighted by molar-refractivity contribution is -0.632. The SMILES string of the molecule is CCC(O)[N+](Cl)(Cl)Cl. The van der Waals surface area contributed by atoms with Crippen LogP contribution in [0.3, 0.4) is 0 Å². The minimum Gasteiger partial charge on any atom is -0.341 e. The third kappa shape index (κ3) is 2.95. The summed E-state index contributed by atoms with van der Waals surface area (Å²) in [6, 6.07) is 0. The molecule has 5 heteroatoms. The van der Waals surface area contributed by atoms with Crippen LogP contribution in [0, 0.1) is 0 Å². The van der Waals surface area contributed by atoms with E-state index in [1.165, 1.54) is 0 Å². The first-order valence-corrected chi connectivity index (χ1v) is 3.15. The van der Waals surface area contributed by atoms with Crippen LogP contribution in [-0.2, 0) is 0 Å². The Morgan fingerprint density at radius 2 is 1.88 bits per heavy atom. The summed E-state index contributed by atoms with van der Waals surface area (Å²) in [6.07, 6.45) is -0.490. The molecule has 0 saturated carbocycles. The highest BCUT2D eigenvalue weighted by Crippen LogP contribution is 2.26. The highest BCUT2D eigenvalue weighted by Gasteiger charge is 2.31. The van der Waals surface area contributed by atoms with Crippen molar-refractivity contribution in [1.82, 2.24) is 0 Å². The summed E-state index contributed by atoms with van der Waals surface area (Å²) >= 11 is 15.6. The Labute approximate surface area is 63.5 Å². The number of rotatable bonds is 2. The molecule has 50 valence electrons. The van der Waals surface area contributed by atoms with Crippen molar-refractivity contribution in [3.05, 3.63) is 0 Å². The number of nitrogens with zero attached hydrogens (tertiary/aromatic N) is 1. The summed E-state index contributed by atoms with van der Waals surface area (Å²) in [5, 5.41) is 8.77. The number of aliphatic hydroxyl groups is 1. The summed E-state index contributed by atoms with van der Waals surface area (Å²) in [6.45, 7) is 1.73. The molecule has 0 aliphatic rings. The fourth-order valence-electron chi connectivity index (χ4n) is 0.207. The fraction of sp³-hybridized carbons (Fsp3) is 1.00. The molecular formula is C3H7Cl3NO+. The quantitative estimate of drug-likeness (QED) is 0.508. The molecule has 8 heavy (non-hydrogen) atoms. The Hall–Kier alpha value is 0.790. The molecule has 0 aliphatic carbocycles. The van der Waals surface area contributed by atoms with Crippen LogP contribution in [0.15, 0.2) is 0 Å². The Morgan fingerprint density at radius 1 is 1.50 bits per heavy atom. The van der Waals surface area contributed by atoms with Crippen molar-refractivity contribution < 1.29 is 8.15 Å². The highest BCUT2D eigenvalue weighted by atomic mass is 35.6. The van der Waals surface area contributed by atoms with Crippen molar-refractivity contribution in [3.63, 3.8) is 0 Å². The van der Waals surface area contributed by atoms with Crippen LogP contribution in [-0.4, -0.2) is 14.4 Å². The zero-order valence-electron chi connectivity index (χ0n) is 4.31. The van der Waals surface area contributed by atoms with E-state index in [2.05, 4.69) is 0 Å². The van der Waals surface area contributed by atoms with E-state index >= 15 is 0 Å². The zero-order chi connectivity index (χ0) is 6.78. The lowest BCUT2D eigenvalue weighted by atomic mass is 10.5. The molecule has 0 amide bonds. The number of aliphatic hydroxyl groups excluding tert-OH is 1. The smallest absolute Gasteiger partial charge is 0.242 e. The predicted molar refractivity (Wildman–Crippen MR) is 34.1 cm³/mol. The van der Waals surface area contributed by atoms with E-state index in [9.17, 15) is 0 Å². The molecule has 0 saturated heterocycles. The van der Waals surface area contributed by atoms with Crippen molar-refractivity contribution in [2.45, 2.75) is 19.6 Å². The monoisotopic (exact) mass is 178 g/mol. The third-order valence-corrected chi connectivity index (χ3v) is 1.38. The Balaban J connectivity index is 3.62. The van der Waals surface area contributed by atoms with E-state index in [4.69, 9.17) is 40.4 Å². The van der Waals surface area contributed by atoms with Gasteiger partial charge in [0.25, 0.3) is 0 Å². The summed E-state index contributed by atoms with van der Waals surface area (Å²) < 4.78 is -0.948. The molecule has 0 aromatic carbocycles. The van der Waals surface area contributed by atoms with Gasteiger partial charge in [-0.1, -0.05) is 6.92 Å². The van der Waals surface area contributed by atoms with Crippen molar-refractivity contribution in [2.24, 2.45) is 0 Å². The first-order valence-electron chi connectivity index (χ1n) is 2.14. The van der Waals surface area contributed by atoms with Crippen LogP contribution in [0.2, 0.25) is 0 Å². The second-order valence-corrected chi connectivity index (χ2v) is 3.49. The van der Waals surface area contributed by atoms with Crippen LogP contribution in [0.1, 0.15) is 13.3 Å². The topological polar surface area (TPSA) is 20.2 Å². The number of halogens is 3. The molecule has 0 radical (unpaired) electrons. The molecular weight excluding hydrogens is 172 g/mol. The number of hydrogen-bond acceptors (Lipinski definition) is 1. The van der Waals surface area contributed by atoms with E-state index in [1.54, 1.807) is 6.92 Å². The first kappa shape index (κ1) is 8.79. The van der Waals surface area contributed by atoms with E-state index in [-0.39, 0.29) is 0 Å². The summed E-state index contributed by atoms with van der Waals surface area (Å²) in [5.41, 5.74) is 0. The molecule has 0 aliphatic heterocycles. The summed E-state index contributed by atoms with van der Waals surface area (Å²) in [4.78, 5) is 0. The molecule has 1 unspecified atom stereocenters. The van der Waals surface area contributed by atoms with Crippen LogP contribution in [0.25, 0.3) is 0 Å². The van der Waals surface area contributed by atoms with Crippen molar-refractivity contribution in [3.8, 4) is 0 Å². The van der Waals surface area contributed by atoms with Crippen LogP contribution >= 0.6 is 35.3 Å². The molecule has 0 rings (SSSR count). The second kappa shape index (κ2) is 3.08. The highest BCUT2D eigenvalue weighted by molar-refractivity contribution is 6.37. The Morgan fingerprint density at radius 3 is 1.88 bits per heavy atom. The van der Waals surface area contributed by atoms with Gasteiger partial charge in [-0.15, -0.1) is 0 Å². The van der Waals surface area contributed by atoms with Gasteiger partial charge in [0.05, 0.1) is 0 Å². The predicted octanol–water partition coefficient (Wildman–Crippen LogP) is 1.99. The van der Waals surface area contributed by atoms with Gasteiger partial charge in [0.1, 0.15) is 0 Å². The van der Waals surface area contributed by atoms with Crippen LogP contribution in [0.4, 0.5) is 0 Å². The average molecular weight is 179 g/mol. The largest absolute Gasteiger partial charge is 0.341 e. The molecule has 0 aromatic heterocycles. The van der Waals surface area contributed by atoms with Crippen molar-refractivity contribution in [2.75, 3.05) is 0 Å². The van der Waals surface area contributed by atoms with Gasteiger partial charge in [0, 0.05) is 9.46 Å². The lowest BCUT2D eigenvalue weighted by Gasteiger charge is -2.12. The zero-order valence-corrected chi connectivity index (χ0v) is 6.58.